The highest BCUT2D eigenvalue weighted by Gasteiger charge is 2.08. The fourth-order valence-corrected chi connectivity index (χ4v) is 3.10. The second kappa shape index (κ2) is 4.89. The molecule has 1 heterocycles. The van der Waals surface area contributed by atoms with Crippen molar-refractivity contribution in [3.05, 3.63) is 45.9 Å². The minimum atomic E-state index is 0.495. The first-order valence-electron chi connectivity index (χ1n) is 5.48. The maximum Gasteiger partial charge on any atom is 0.0813 e. The van der Waals surface area contributed by atoms with Crippen molar-refractivity contribution in [1.29, 1.82) is 0 Å². The molecule has 3 rings (SSSR count). The van der Waals surface area contributed by atoms with Crippen LogP contribution in [0.25, 0.3) is 10.2 Å². The predicted octanol–water partition coefficient (Wildman–Crippen LogP) is 4.93. The van der Waals surface area contributed by atoms with E-state index in [9.17, 15) is 0 Å². The van der Waals surface area contributed by atoms with E-state index in [2.05, 4.69) is 10.3 Å². The first-order chi connectivity index (χ1) is 9.13. The van der Waals surface area contributed by atoms with Crippen LogP contribution in [0.15, 0.2) is 35.8 Å². The summed E-state index contributed by atoms with van der Waals surface area (Å²) in [5, 5.41) is 4.20. The molecule has 0 aliphatic carbocycles. The first kappa shape index (κ1) is 12.5. The van der Waals surface area contributed by atoms with Crippen molar-refractivity contribution in [2.75, 3.05) is 11.1 Å². The molecular weight excluding hydrogens is 301 g/mol. The average molecular weight is 310 g/mol. The van der Waals surface area contributed by atoms with Gasteiger partial charge in [0.2, 0.25) is 0 Å². The van der Waals surface area contributed by atoms with Crippen molar-refractivity contribution < 1.29 is 0 Å². The number of thiazole rings is 1. The number of anilines is 3. The Morgan fingerprint density at radius 3 is 2.58 bits per heavy atom. The zero-order chi connectivity index (χ0) is 13.4. The highest BCUT2D eigenvalue weighted by Crippen LogP contribution is 2.35. The number of hydrogen-bond acceptors (Lipinski definition) is 4. The zero-order valence-corrected chi connectivity index (χ0v) is 12.0. The molecule has 0 saturated heterocycles. The van der Waals surface area contributed by atoms with E-state index in [-0.39, 0.29) is 0 Å². The summed E-state index contributed by atoms with van der Waals surface area (Å²) in [5.41, 5.74) is 10.6. The summed E-state index contributed by atoms with van der Waals surface area (Å²) in [4.78, 5) is 4.24. The third kappa shape index (κ3) is 2.47. The van der Waals surface area contributed by atoms with Crippen LogP contribution in [0, 0.1) is 0 Å². The molecule has 3 nitrogen and oxygen atoms in total. The van der Waals surface area contributed by atoms with Crippen LogP contribution in [0.2, 0.25) is 10.0 Å². The molecule has 0 saturated carbocycles. The second-order valence-electron chi connectivity index (χ2n) is 4.02. The summed E-state index contributed by atoms with van der Waals surface area (Å²) in [6.45, 7) is 0. The lowest BCUT2D eigenvalue weighted by molar-refractivity contribution is 1.49. The van der Waals surface area contributed by atoms with Gasteiger partial charge in [-0.15, -0.1) is 11.3 Å². The van der Waals surface area contributed by atoms with Crippen LogP contribution in [0.5, 0.6) is 0 Å². The number of halogens is 2. The van der Waals surface area contributed by atoms with E-state index in [1.54, 1.807) is 23.5 Å². The molecule has 0 fully saturated rings. The van der Waals surface area contributed by atoms with Gasteiger partial charge in [0, 0.05) is 11.4 Å². The summed E-state index contributed by atoms with van der Waals surface area (Å²) < 4.78 is 1.10. The highest BCUT2D eigenvalue weighted by molar-refractivity contribution is 7.16. The van der Waals surface area contributed by atoms with Crippen LogP contribution in [0.4, 0.5) is 17.1 Å². The number of fused-ring (bicyclic) bond motifs is 1. The Morgan fingerprint density at radius 2 is 1.84 bits per heavy atom. The molecule has 0 spiro atoms. The lowest BCUT2D eigenvalue weighted by atomic mass is 10.2. The van der Waals surface area contributed by atoms with E-state index in [0.717, 1.165) is 15.9 Å². The van der Waals surface area contributed by atoms with Gasteiger partial charge in [-0.3, -0.25) is 0 Å². The van der Waals surface area contributed by atoms with E-state index < -0.39 is 0 Å². The van der Waals surface area contributed by atoms with Gasteiger partial charge < -0.3 is 11.1 Å². The van der Waals surface area contributed by atoms with Crippen LogP contribution < -0.4 is 11.1 Å². The Kier molecular flexibility index (Phi) is 3.22. The summed E-state index contributed by atoms with van der Waals surface area (Å²) in [7, 11) is 0. The second-order valence-corrected chi connectivity index (χ2v) is 5.72. The van der Waals surface area contributed by atoms with E-state index in [1.807, 2.05) is 23.7 Å². The Bertz CT molecular complexity index is 731. The number of rotatable bonds is 2. The molecule has 0 atom stereocenters. The third-order valence-corrected chi connectivity index (χ3v) is 4.05. The lowest BCUT2D eigenvalue weighted by Gasteiger charge is -2.11. The smallest absolute Gasteiger partial charge is 0.0813 e. The Balaban J connectivity index is 2.00. The molecule has 0 bridgehead atoms. The van der Waals surface area contributed by atoms with Crippen molar-refractivity contribution in [3.8, 4) is 0 Å². The fourth-order valence-electron chi connectivity index (χ4n) is 1.79. The van der Waals surface area contributed by atoms with Gasteiger partial charge in [-0.1, -0.05) is 23.2 Å². The van der Waals surface area contributed by atoms with Crippen molar-refractivity contribution in [2.45, 2.75) is 0 Å². The monoisotopic (exact) mass is 309 g/mol. The minimum absolute atomic E-state index is 0.495. The van der Waals surface area contributed by atoms with E-state index in [1.165, 1.54) is 0 Å². The van der Waals surface area contributed by atoms with Gasteiger partial charge >= 0.3 is 0 Å². The van der Waals surface area contributed by atoms with Gasteiger partial charge in [-0.25, -0.2) is 4.98 Å². The Hall–Kier alpha value is -1.49. The number of hydrogen-bond donors (Lipinski definition) is 2. The third-order valence-electron chi connectivity index (χ3n) is 2.67. The van der Waals surface area contributed by atoms with Gasteiger partial charge in [0.25, 0.3) is 0 Å². The number of nitrogens with two attached hydrogens (primary N) is 1. The average Bonchev–Trinajstić information content (AvgIpc) is 2.81. The Morgan fingerprint density at radius 1 is 1.11 bits per heavy atom. The molecule has 0 unspecified atom stereocenters. The maximum absolute atomic E-state index is 6.15. The van der Waals surface area contributed by atoms with E-state index in [4.69, 9.17) is 28.9 Å². The number of nitrogens with one attached hydrogen (secondary N) is 1. The molecule has 19 heavy (non-hydrogen) atoms. The summed E-state index contributed by atoms with van der Waals surface area (Å²) >= 11 is 13.9. The van der Waals surface area contributed by atoms with Gasteiger partial charge in [-0.2, -0.15) is 0 Å². The Labute approximate surface area is 124 Å². The highest BCUT2D eigenvalue weighted by atomic mass is 35.5. The van der Waals surface area contributed by atoms with Gasteiger partial charge in [0.15, 0.2) is 0 Å². The number of benzene rings is 2. The van der Waals surface area contributed by atoms with Crippen LogP contribution in [0.3, 0.4) is 0 Å². The topological polar surface area (TPSA) is 50.9 Å². The molecule has 0 aliphatic heterocycles. The van der Waals surface area contributed by atoms with Crippen molar-refractivity contribution in [3.63, 3.8) is 0 Å². The summed E-state index contributed by atoms with van der Waals surface area (Å²) in [6, 6.07) is 9.23. The molecule has 2 aromatic carbocycles. The fraction of sp³-hybridized carbons (Fsp3) is 0. The van der Waals surface area contributed by atoms with Gasteiger partial charge in [-0.05, 0) is 30.3 Å². The molecule has 1 aromatic heterocycles. The van der Waals surface area contributed by atoms with Crippen LogP contribution in [-0.2, 0) is 0 Å². The molecule has 96 valence electrons. The molecule has 0 amide bonds. The normalized spacial score (nSPS) is 10.8. The van der Waals surface area contributed by atoms with Crippen molar-refractivity contribution in [1.82, 2.24) is 4.98 Å². The first-order valence-corrected chi connectivity index (χ1v) is 7.12. The maximum atomic E-state index is 6.15. The lowest BCUT2D eigenvalue weighted by Crippen LogP contribution is -1.94. The summed E-state index contributed by atoms with van der Waals surface area (Å²) in [6.07, 6.45) is 0. The SMILES string of the molecule is Nc1cc(Cl)c(Nc2ccc3ncsc3c2)c(Cl)c1. The van der Waals surface area contributed by atoms with Crippen molar-refractivity contribution >= 4 is 61.8 Å². The van der Waals surface area contributed by atoms with E-state index in [0.29, 0.717) is 21.4 Å². The van der Waals surface area contributed by atoms with Crippen LogP contribution in [-0.4, -0.2) is 4.98 Å². The van der Waals surface area contributed by atoms with Crippen molar-refractivity contribution in [2.24, 2.45) is 0 Å². The molecule has 3 aromatic rings. The van der Waals surface area contributed by atoms with Crippen LogP contribution in [0.1, 0.15) is 0 Å². The van der Waals surface area contributed by atoms with Gasteiger partial charge in [0.05, 0.1) is 31.5 Å². The largest absolute Gasteiger partial charge is 0.399 e. The molecule has 0 radical (unpaired) electrons. The van der Waals surface area contributed by atoms with Crippen LogP contribution >= 0.6 is 34.5 Å². The molecule has 3 N–H and O–H groups in total. The molecule has 6 heteroatoms. The number of aromatic nitrogens is 1. The van der Waals surface area contributed by atoms with Gasteiger partial charge in [0.1, 0.15) is 0 Å². The molecule has 0 aliphatic rings. The number of nitrogens with zero attached hydrogens (tertiary/aromatic N) is 1. The summed E-state index contributed by atoms with van der Waals surface area (Å²) in [5.74, 6) is 0. The molecular formula is C13H9Cl2N3S. The van der Waals surface area contributed by atoms with E-state index >= 15 is 0 Å². The minimum Gasteiger partial charge on any atom is -0.399 e. The predicted molar refractivity (Wildman–Crippen MR) is 83.8 cm³/mol. The number of nitrogen functional groups attached to an aromatic ring is 1. The zero-order valence-electron chi connectivity index (χ0n) is 9.65. The standard InChI is InChI=1S/C13H9Cl2N3S/c14-9-3-7(16)4-10(15)13(9)18-8-1-2-11-12(5-8)19-6-17-11/h1-6,18H,16H2. The quantitative estimate of drug-likeness (QED) is 0.660.